The van der Waals surface area contributed by atoms with Crippen molar-refractivity contribution in [2.75, 3.05) is 12.4 Å². The van der Waals surface area contributed by atoms with Crippen molar-refractivity contribution in [2.45, 2.75) is 6.92 Å². The first-order valence-corrected chi connectivity index (χ1v) is 8.94. The highest BCUT2D eigenvalue weighted by molar-refractivity contribution is 7.17. The summed E-state index contributed by atoms with van der Waals surface area (Å²) in [6, 6.07) is 7.82. The van der Waals surface area contributed by atoms with E-state index in [1.54, 1.807) is 10.9 Å². The molecule has 3 heterocycles. The number of nitrogens with one attached hydrogen (secondary N) is 1. The van der Waals surface area contributed by atoms with E-state index in [-0.39, 0.29) is 5.91 Å². The molecule has 0 saturated carbocycles. The number of carbonyl (C=O) groups excluding carboxylic acids is 1. The van der Waals surface area contributed by atoms with Crippen LogP contribution < -0.4 is 10.1 Å². The summed E-state index contributed by atoms with van der Waals surface area (Å²) in [5, 5.41) is 16.7. The number of nitrogens with zero attached hydrogens (tertiary/aromatic N) is 5. The molecule has 0 aliphatic heterocycles. The normalized spacial score (nSPS) is 10.9. The van der Waals surface area contributed by atoms with Crippen LogP contribution in [0.3, 0.4) is 0 Å². The molecule has 3 aromatic heterocycles. The zero-order valence-corrected chi connectivity index (χ0v) is 15.7. The minimum atomic E-state index is -0.308. The number of aryl methyl sites for hydroxylation is 2. The first kappa shape index (κ1) is 17.1. The number of methoxy groups -OCH3 is 1. The molecule has 1 aromatic carbocycles. The number of ether oxygens (including phenoxy) is 1. The summed E-state index contributed by atoms with van der Waals surface area (Å²) < 4.78 is 6.77. The quantitative estimate of drug-likeness (QED) is 0.585. The summed E-state index contributed by atoms with van der Waals surface area (Å²) in [6.45, 7) is 1.89. The topological polar surface area (TPSA) is 94.8 Å². The van der Waals surface area contributed by atoms with Gasteiger partial charge < -0.3 is 4.74 Å². The number of benzene rings is 1. The Labute approximate surface area is 158 Å². The minimum absolute atomic E-state index is 0.308. The molecule has 4 rings (SSSR count). The maximum absolute atomic E-state index is 12.8. The minimum Gasteiger partial charge on any atom is -0.472 e. The fraction of sp³-hybridized carbons (Fsp3) is 0.167. The van der Waals surface area contributed by atoms with E-state index in [1.165, 1.54) is 7.11 Å². The molecule has 0 fully saturated rings. The predicted octanol–water partition coefficient (Wildman–Crippen LogP) is 3.06. The third-order valence-electron chi connectivity index (χ3n) is 4.02. The monoisotopic (exact) mass is 380 g/mol. The van der Waals surface area contributed by atoms with Crippen LogP contribution in [0.1, 0.15) is 16.1 Å². The smallest absolute Gasteiger partial charge is 0.295 e. The first-order chi connectivity index (χ1) is 13.0. The van der Waals surface area contributed by atoms with Crippen molar-refractivity contribution in [3.05, 3.63) is 47.9 Å². The van der Waals surface area contributed by atoms with Gasteiger partial charge in [-0.25, -0.2) is 0 Å². The molecule has 0 saturated heterocycles. The summed E-state index contributed by atoms with van der Waals surface area (Å²) in [6.07, 6.45) is 3.52. The SMILES string of the molecule is COc1nnc(NC(=O)c2cnc(C)cc2-c2ccc3cn(C)nc3c2)s1. The second kappa shape index (κ2) is 6.76. The van der Waals surface area contributed by atoms with E-state index in [2.05, 4.69) is 25.6 Å². The van der Waals surface area contributed by atoms with E-state index >= 15 is 0 Å². The van der Waals surface area contributed by atoms with Crippen molar-refractivity contribution in [1.82, 2.24) is 25.0 Å². The average Bonchev–Trinajstić information content (AvgIpc) is 3.25. The lowest BCUT2D eigenvalue weighted by Gasteiger charge is -2.10. The maximum atomic E-state index is 12.8. The highest BCUT2D eigenvalue weighted by Gasteiger charge is 2.17. The number of aromatic nitrogens is 5. The standard InChI is InChI=1S/C18H16N6O2S/c1-10-6-13(11-4-5-12-9-24(2)23-15(12)7-11)14(8-19-10)16(25)20-17-21-22-18(26-3)27-17/h4-9H,1-3H3,(H,20,21,25). The number of amides is 1. The van der Waals surface area contributed by atoms with Gasteiger partial charge in [0, 0.05) is 30.5 Å². The average molecular weight is 380 g/mol. The zero-order valence-electron chi connectivity index (χ0n) is 14.9. The summed E-state index contributed by atoms with van der Waals surface area (Å²) in [5.74, 6) is -0.308. The number of fused-ring (bicyclic) bond motifs is 1. The molecule has 0 aliphatic rings. The summed E-state index contributed by atoms with van der Waals surface area (Å²) >= 11 is 1.16. The van der Waals surface area contributed by atoms with E-state index in [0.29, 0.717) is 15.9 Å². The number of pyridine rings is 1. The van der Waals surface area contributed by atoms with Gasteiger partial charge in [-0.05, 0) is 41.5 Å². The van der Waals surface area contributed by atoms with Gasteiger partial charge in [-0.3, -0.25) is 19.8 Å². The molecule has 9 heteroatoms. The van der Waals surface area contributed by atoms with Crippen molar-refractivity contribution < 1.29 is 9.53 Å². The van der Waals surface area contributed by atoms with E-state index < -0.39 is 0 Å². The van der Waals surface area contributed by atoms with Gasteiger partial charge in [0.25, 0.3) is 11.1 Å². The Kier molecular flexibility index (Phi) is 4.28. The molecule has 0 bridgehead atoms. The summed E-state index contributed by atoms with van der Waals surface area (Å²) in [5.41, 5.74) is 3.81. The fourth-order valence-corrected chi connectivity index (χ4v) is 3.35. The summed E-state index contributed by atoms with van der Waals surface area (Å²) in [7, 11) is 3.38. The zero-order chi connectivity index (χ0) is 19.0. The molecule has 8 nitrogen and oxygen atoms in total. The molecule has 0 spiro atoms. The lowest BCUT2D eigenvalue weighted by atomic mass is 9.99. The third kappa shape index (κ3) is 3.36. The van der Waals surface area contributed by atoms with Gasteiger partial charge in [-0.15, -0.1) is 5.10 Å². The van der Waals surface area contributed by atoms with Crippen LogP contribution in [0.15, 0.2) is 36.7 Å². The van der Waals surface area contributed by atoms with Crippen molar-refractivity contribution in [1.29, 1.82) is 0 Å². The van der Waals surface area contributed by atoms with Crippen LogP contribution in [0.4, 0.5) is 5.13 Å². The highest BCUT2D eigenvalue weighted by Crippen LogP contribution is 2.28. The maximum Gasteiger partial charge on any atom is 0.295 e. The van der Waals surface area contributed by atoms with Crippen molar-refractivity contribution in [3.8, 4) is 16.3 Å². The second-order valence-electron chi connectivity index (χ2n) is 5.98. The third-order valence-corrected chi connectivity index (χ3v) is 4.82. The van der Waals surface area contributed by atoms with Crippen molar-refractivity contribution in [3.63, 3.8) is 0 Å². The highest BCUT2D eigenvalue weighted by atomic mass is 32.1. The number of carbonyl (C=O) groups is 1. The van der Waals surface area contributed by atoms with E-state index in [1.807, 2.05) is 44.4 Å². The summed E-state index contributed by atoms with van der Waals surface area (Å²) in [4.78, 5) is 17.1. The Hall–Kier alpha value is -3.33. The van der Waals surface area contributed by atoms with Crippen LogP contribution in [-0.2, 0) is 7.05 Å². The van der Waals surface area contributed by atoms with Gasteiger partial charge in [0.05, 0.1) is 18.2 Å². The van der Waals surface area contributed by atoms with Gasteiger partial charge in [-0.1, -0.05) is 17.2 Å². The van der Waals surface area contributed by atoms with Crippen molar-refractivity contribution in [2.24, 2.45) is 7.05 Å². The van der Waals surface area contributed by atoms with Crippen LogP contribution in [0.25, 0.3) is 22.0 Å². The Morgan fingerprint density at radius 3 is 2.89 bits per heavy atom. The van der Waals surface area contributed by atoms with Crippen LogP contribution in [0.2, 0.25) is 0 Å². The Morgan fingerprint density at radius 2 is 2.11 bits per heavy atom. The van der Waals surface area contributed by atoms with Crippen LogP contribution >= 0.6 is 11.3 Å². The molecular formula is C18H16N6O2S. The van der Waals surface area contributed by atoms with Gasteiger partial charge in [0.15, 0.2) is 0 Å². The number of hydrogen-bond acceptors (Lipinski definition) is 7. The predicted molar refractivity (Wildman–Crippen MR) is 103 cm³/mol. The number of hydrogen-bond donors (Lipinski definition) is 1. The van der Waals surface area contributed by atoms with Gasteiger partial charge in [0.2, 0.25) is 5.13 Å². The Bertz CT molecular complexity index is 1150. The van der Waals surface area contributed by atoms with Crippen LogP contribution in [-0.4, -0.2) is 38.0 Å². The Balaban J connectivity index is 1.73. The molecule has 136 valence electrons. The van der Waals surface area contributed by atoms with E-state index in [0.717, 1.165) is 39.1 Å². The molecular weight excluding hydrogens is 364 g/mol. The first-order valence-electron chi connectivity index (χ1n) is 8.13. The number of rotatable bonds is 4. The molecule has 0 aliphatic carbocycles. The Morgan fingerprint density at radius 1 is 1.26 bits per heavy atom. The van der Waals surface area contributed by atoms with E-state index in [4.69, 9.17) is 4.74 Å². The molecule has 1 N–H and O–H groups in total. The lowest BCUT2D eigenvalue weighted by molar-refractivity contribution is 0.102. The van der Waals surface area contributed by atoms with Crippen molar-refractivity contribution >= 4 is 33.3 Å². The second-order valence-corrected chi connectivity index (χ2v) is 6.92. The van der Waals surface area contributed by atoms with Crippen LogP contribution in [0.5, 0.6) is 5.19 Å². The molecule has 0 unspecified atom stereocenters. The molecule has 27 heavy (non-hydrogen) atoms. The molecule has 4 aromatic rings. The molecule has 0 atom stereocenters. The largest absolute Gasteiger partial charge is 0.472 e. The van der Waals surface area contributed by atoms with Gasteiger partial charge >= 0.3 is 0 Å². The van der Waals surface area contributed by atoms with Gasteiger partial charge in [-0.2, -0.15) is 5.10 Å². The van der Waals surface area contributed by atoms with E-state index in [9.17, 15) is 4.79 Å². The van der Waals surface area contributed by atoms with Gasteiger partial charge in [0.1, 0.15) is 0 Å². The van der Waals surface area contributed by atoms with Crippen LogP contribution in [0, 0.1) is 6.92 Å². The molecule has 0 radical (unpaired) electrons. The fourth-order valence-electron chi connectivity index (χ4n) is 2.79. The number of anilines is 1. The molecule has 1 amide bonds. The lowest BCUT2D eigenvalue weighted by Crippen LogP contribution is -2.13.